The Kier molecular flexibility index (Phi) is 15.0. The Bertz CT molecular complexity index is 920. The first-order chi connectivity index (χ1) is 20.5. The van der Waals surface area contributed by atoms with Crippen molar-refractivity contribution in [1.82, 2.24) is 5.32 Å². The van der Waals surface area contributed by atoms with Gasteiger partial charge in [-0.05, 0) is 110 Å². The van der Waals surface area contributed by atoms with Crippen LogP contribution in [0.5, 0.6) is 0 Å². The Morgan fingerprint density at radius 2 is 1.82 bits per heavy atom. The number of ether oxygens (including phenoxy) is 1. The summed E-state index contributed by atoms with van der Waals surface area (Å²) in [5.41, 5.74) is 15.5. The van der Waals surface area contributed by atoms with Crippen LogP contribution in [0.1, 0.15) is 131 Å². The summed E-state index contributed by atoms with van der Waals surface area (Å²) < 4.78 is 6.17. The van der Waals surface area contributed by atoms with Crippen molar-refractivity contribution in [2.24, 2.45) is 52.1 Å². The van der Waals surface area contributed by atoms with Gasteiger partial charge in [0, 0.05) is 6.54 Å². The number of fused-ring (bicyclic) bond motifs is 5. The van der Waals surface area contributed by atoms with Crippen LogP contribution in [0.25, 0.3) is 5.73 Å². The topological polar surface area (TPSA) is 108 Å². The number of hydrogen-bond donors (Lipinski definition) is 3. The average molecular weight is 796 g/mol. The standard InChI is InChI=1S/C31H53NO3.C6H13N2.Pt/c1-21(2)7-6-8-22(3)26-11-12-27-25-10-9-23-19-24(35-18-17-32-20-29(33)34)13-15-30(23,4)28(25)14-16-31(26,27)5;7-5-3-1-2-4-6(5)8;/h9,21-22,24-28,32H,6-8,10-20H2,1-5H3,(H,33,34);5-7H,1-4,8H2;/q;-1;+2/t22-,24+,25?,26-,27?,28?,30+,31-;5-,6-;/m11./s1. The summed E-state index contributed by atoms with van der Waals surface area (Å²) in [6.45, 7) is 13.8. The molecule has 5 rings (SSSR count). The average Bonchev–Trinajstić information content (AvgIpc) is 3.32. The predicted octanol–water partition coefficient (Wildman–Crippen LogP) is 8.39. The third-order valence-electron chi connectivity index (χ3n) is 13.0. The summed E-state index contributed by atoms with van der Waals surface area (Å²) in [5, 5.41) is 11.7. The van der Waals surface area contributed by atoms with Crippen molar-refractivity contribution in [3.05, 3.63) is 17.4 Å². The Morgan fingerprint density at radius 3 is 2.48 bits per heavy atom. The summed E-state index contributed by atoms with van der Waals surface area (Å²) in [4.78, 5) is 10.7. The molecule has 4 fully saturated rings. The molecule has 5 aliphatic rings. The molecule has 0 aromatic heterocycles. The van der Waals surface area contributed by atoms with Gasteiger partial charge in [0.25, 0.3) is 0 Å². The number of carboxylic acids is 1. The van der Waals surface area contributed by atoms with E-state index >= 15 is 0 Å². The van der Waals surface area contributed by atoms with Gasteiger partial charge in [-0.1, -0.05) is 84.8 Å². The molecule has 0 amide bonds. The molecule has 6 nitrogen and oxygen atoms in total. The van der Waals surface area contributed by atoms with E-state index in [2.05, 4.69) is 46.0 Å². The molecule has 3 unspecified atom stereocenters. The predicted molar refractivity (Wildman–Crippen MR) is 178 cm³/mol. The van der Waals surface area contributed by atoms with E-state index in [9.17, 15) is 4.79 Å². The van der Waals surface area contributed by atoms with Crippen molar-refractivity contribution in [1.29, 1.82) is 0 Å². The van der Waals surface area contributed by atoms with E-state index in [-0.39, 0.29) is 39.7 Å². The minimum atomic E-state index is -0.807. The quantitative estimate of drug-likeness (QED) is 0.144. The molecular formula is C37H66N3O3Pt+. The van der Waals surface area contributed by atoms with Crippen molar-refractivity contribution < 1.29 is 35.7 Å². The maximum Gasteiger partial charge on any atom is 2.00 e. The fourth-order valence-corrected chi connectivity index (χ4v) is 10.4. The molecule has 5 aliphatic carbocycles. The number of hydrogen-bond acceptors (Lipinski definition) is 4. The van der Waals surface area contributed by atoms with Gasteiger partial charge in [0.1, 0.15) is 0 Å². The molecular weight excluding hydrogens is 730 g/mol. The zero-order chi connectivity index (χ0) is 31.2. The van der Waals surface area contributed by atoms with Crippen LogP contribution in [0.2, 0.25) is 0 Å². The Balaban J connectivity index is 0.000000511. The first-order valence-corrected chi connectivity index (χ1v) is 18.2. The number of allylic oxidation sites excluding steroid dienone is 1. The van der Waals surface area contributed by atoms with Crippen LogP contribution < -0.4 is 11.1 Å². The second-order valence-corrected chi connectivity index (χ2v) is 16.2. The second-order valence-electron chi connectivity index (χ2n) is 16.2. The molecule has 10 atom stereocenters. The van der Waals surface area contributed by atoms with Gasteiger partial charge in [-0.15, -0.1) is 6.04 Å². The van der Waals surface area contributed by atoms with Gasteiger partial charge in [-0.2, -0.15) is 0 Å². The zero-order valence-electron chi connectivity index (χ0n) is 28.7. The monoisotopic (exact) mass is 795 g/mol. The van der Waals surface area contributed by atoms with Crippen LogP contribution in [-0.4, -0.2) is 49.0 Å². The fraction of sp³-hybridized carbons (Fsp3) is 0.919. The van der Waals surface area contributed by atoms with Gasteiger partial charge in [0.15, 0.2) is 0 Å². The maximum absolute atomic E-state index is 10.7. The smallest absolute Gasteiger partial charge is 0.673 e. The van der Waals surface area contributed by atoms with E-state index in [1.165, 1.54) is 70.6 Å². The summed E-state index contributed by atoms with van der Waals surface area (Å²) >= 11 is 0. The summed E-state index contributed by atoms with van der Waals surface area (Å²) in [6.07, 6.45) is 22.2. The molecule has 0 aromatic carbocycles. The van der Waals surface area contributed by atoms with E-state index in [1.54, 1.807) is 5.57 Å². The van der Waals surface area contributed by atoms with E-state index in [0.717, 1.165) is 61.2 Å². The summed E-state index contributed by atoms with van der Waals surface area (Å²) in [7, 11) is 0. The number of aliphatic carboxylic acids is 1. The first kappa shape index (κ1) is 38.2. The summed E-state index contributed by atoms with van der Waals surface area (Å²) in [5.74, 6) is 4.49. The van der Waals surface area contributed by atoms with Gasteiger partial charge >= 0.3 is 27.0 Å². The van der Waals surface area contributed by atoms with E-state index in [1.807, 2.05) is 0 Å². The Labute approximate surface area is 284 Å². The number of nitrogens with one attached hydrogen (secondary N) is 2. The van der Waals surface area contributed by atoms with Crippen molar-refractivity contribution in [2.45, 2.75) is 149 Å². The van der Waals surface area contributed by atoms with E-state index in [4.69, 9.17) is 21.3 Å². The Hall–Kier alpha value is -0.262. The van der Waals surface area contributed by atoms with Crippen molar-refractivity contribution >= 4 is 5.97 Å². The van der Waals surface area contributed by atoms with Crippen LogP contribution in [0.15, 0.2) is 11.6 Å². The molecule has 0 spiro atoms. The number of rotatable bonds is 11. The largest absolute Gasteiger partial charge is 2.00 e. The molecule has 4 saturated carbocycles. The second kappa shape index (κ2) is 17.2. The molecule has 0 aromatic rings. The first-order valence-electron chi connectivity index (χ1n) is 18.2. The van der Waals surface area contributed by atoms with E-state index < -0.39 is 5.97 Å². The van der Waals surface area contributed by atoms with Crippen molar-refractivity contribution in [2.75, 3.05) is 19.7 Å². The molecule has 5 N–H and O–H groups in total. The van der Waals surface area contributed by atoms with Crippen LogP contribution >= 0.6 is 0 Å². The Morgan fingerprint density at radius 1 is 1.07 bits per heavy atom. The van der Waals surface area contributed by atoms with Gasteiger partial charge < -0.3 is 26.6 Å². The molecule has 0 heterocycles. The summed E-state index contributed by atoms with van der Waals surface area (Å²) in [6, 6.07) is 0.201. The van der Waals surface area contributed by atoms with Gasteiger partial charge in [-0.25, -0.2) is 0 Å². The maximum atomic E-state index is 10.7. The van der Waals surface area contributed by atoms with Gasteiger partial charge in [0.05, 0.1) is 19.3 Å². The fourth-order valence-electron chi connectivity index (χ4n) is 10.4. The molecule has 0 aliphatic heterocycles. The number of nitrogens with two attached hydrogens (primary N) is 1. The molecule has 7 heteroatoms. The number of carbonyl (C=O) groups is 1. The SMILES string of the molecule is CC(C)CCC[C@@H](C)[C@H]1CCC2C3CC=C4C[C@@H](OCCNCC(=O)O)CC[C@]4(C)C3CC[C@@]21C.[NH-][C@@H]1CCCC[C@H]1N.[Pt+2]. The molecule has 256 valence electrons. The zero-order valence-corrected chi connectivity index (χ0v) is 30.9. The van der Waals surface area contributed by atoms with E-state index in [0.29, 0.717) is 30.1 Å². The molecule has 0 saturated heterocycles. The van der Waals surface area contributed by atoms with Crippen LogP contribution in [0.4, 0.5) is 0 Å². The molecule has 0 radical (unpaired) electrons. The van der Waals surface area contributed by atoms with Crippen LogP contribution in [-0.2, 0) is 30.6 Å². The van der Waals surface area contributed by atoms with Gasteiger partial charge in [0.2, 0.25) is 0 Å². The minimum absolute atomic E-state index is 0. The van der Waals surface area contributed by atoms with Crippen molar-refractivity contribution in [3.63, 3.8) is 0 Å². The minimum Gasteiger partial charge on any atom is -0.673 e. The van der Waals surface area contributed by atoms with Gasteiger partial charge in [-0.3, -0.25) is 4.79 Å². The molecule has 0 bridgehead atoms. The van der Waals surface area contributed by atoms with Crippen LogP contribution in [0, 0.1) is 46.3 Å². The molecule has 44 heavy (non-hydrogen) atoms. The van der Waals surface area contributed by atoms with Crippen molar-refractivity contribution in [3.8, 4) is 0 Å². The normalized spacial score (nSPS) is 38.6. The van der Waals surface area contributed by atoms with Crippen LogP contribution in [0.3, 0.4) is 0 Å². The third kappa shape index (κ3) is 9.21. The third-order valence-corrected chi connectivity index (χ3v) is 13.0. The number of carboxylic acid groups (broad SMARTS) is 1.